The summed E-state index contributed by atoms with van der Waals surface area (Å²) in [7, 11) is 0. The Morgan fingerprint density at radius 1 is 1.00 bits per heavy atom. The molecule has 1 aromatic carbocycles. The topological polar surface area (TPSA) is 12.0 Å². The van der Waals surface area contributed by atoms with Crippen molar-refractivity contribution in [1.82, 2.24) is 5.32 Å². The zero-order valence-electron chi connectivity index (χ0n) is 10.8. The summed E-state index contributed by atoms with van der Waals surface area (Å²) in [5, 5.41) is 4.68. The number of nitrogens with one attached hydrogen (secondary N) is 1. The van der Waals surface area contributed by atoms with Crippen LogP contribution in [0.4, 0.5) is 0 Å². The molecule has 1 aromatic rings. The Labute approximate surface area is 127 Å². The number of halogens is 3. The summed E-state index contributed by atoms with van der Waals surface area (Å²) < 4.78 is 0. The van der Waals surface area contributed by atoms with Gasteiger partial charge in [-0.3, -0.25) is 0 Å². The first-order chi connectivity index (χ1) is 8.24. The minimum absolute atomic E-state index is 0. The fraction of sp³-hybridized carbons (Fsp3) is 0.571. The summed E-state index contributed by atoms with van der Waals surface area (Å²) in [5.41, 5.74) is 1.19. The normalized spacial score (nSPS) is 10.2. The summed E-state index contributed by atoms with van der Waals surface area (Å²) in [6.45, 7) is 4.18. The van der Waals surface area contributed by atoms with Crippen molar-refractivity contribution < 1.29 is 0 Å². The first-order valence-electron chi connectivity index (χ1n) is 6.38. The van der Waals surface area contributed by atoms with Crippen molar-refractivity contribution in [3.05, 3.63) is 33.8 Å². The van der Waals surface area contributed by atoms with Gasteiger partial charge in [-0.05, 0) is 30.7 Å². The van der Waals surface area contributed by atoms with Gasteiger partial charge in [0.05, 0.1) is 10.0 Å². The maximum Gasteiger partial charge on any atom is 0.0595 e. The average Bonchev–Trinajstić information content (AvgIpc) is 2.32. The van der Waals surface area contributed by atoms with E-state index >= 15 is 0 Å². The lowest BCUT2D eigenvalue weighted by Crippen LogP contribution is -2.14. The Morgan fingerprint density at radius 3 is 2.39 bits per heavy atom. The van der Waals surface area contributed by atoms with Crippen LogP contribution in [0.5, 0.6) is 0 Å². The van der Waals surface area contributed by atoms with Crippen LogP contribution in [0.2, 0.25) is 10.0 Å². The van der Waals surface area contributed by atoms with Gasteiger partial charge in [0.2, 0.25) is 0 Å². The second kappa shape index (κ2) is 10.9. The van der Waals surface area contributed by atoms with Crippen molar-refractivity contribution in [3.63, 3.8) is 0 Å². The highest BCUT2D eigenvalue weighted by molar-refractivity contribution is 6.42. The second-order valence-electron chi connectivity index (χ2n) is 4.34. The zero-order chi connectivity index (χ0) is 12.5. The van der Waals surface area contributed by atoms with Crippen LogP contribution < -0.4 is 5.32 Å². The fourth-order valence-corrected chi connectivity index (χ4v) is 2.06. The standard InChI is InChI=1S/C14H21Cl2N.ClH/c1-2-3-4-5-6-9-17-11-12-7-8-13(15)14(16)10-12;/h7-8,10,17H,2-6,9,11H2,1H3;1H. The fourth-order valence-electron chi connectivity index (χ4n) is 1.74. The van der Waals surface area contributed by atoms with Gasteiger partial charge < -0.3 is 5.32 Å². The molecule has 0 saturated heterocycles. The molecule has 0 fully saturated rings. The van der Waals surface area contributed by atoms with Gasteiger partial charge in [0, 0.05) is 6.54 Å². The molecule has 0 radical (unpaired) electrons. The van der Waals surface area contributed by atoms with Gasteiger partial charge in [0.1, 0.15) is 0 Å². The molecular formula is C14H22Cl3N. The Morgan fingerprint density at radius 2 is 1.72 bits per heavy atom. The molecule has 104 valence electrons. The van der Waals surface area contributed by atoms with Gasteiger partial charge in [-0.2, -0.15) is 0 Å². The van der Waals surface area contributed by atoms with Gasteiger partial charge in [-0.15, -0.1) is 12.4 Å². The maximum absolute atomic E-state index is 5.95. The second-order valence-corrected chi connectivity index (χ2v) is 5.15. The van der Waals surface area contributed by atoms with E-state index in [9.17, 15) is 0 Å². The lowest BCUT2D eigenvalue weighted by molar-refractivity contribution is 0.583. The molecule has 0 aliphatic carbocycles. The lowest BCUT2D eigenvalue weighted by atomic mass is 10.1. The molecule has 0 aliphatic heterocycles. The summed E-state index contributed by atoms with van der Waals surface area (Å²) in [6.07, 6.45) is 6.58. The average molecular weight is 311 g/mol. The van der Waals surface area contributed by atoms with E-state index in [2.05, 4.69) is 12.2 Å². The van der Waals surface area contributed by atoms with Crippen molar-refractivity contribution in [2.45, 2.75) is 45.6 Å². The molecule has 0 unspecified atom stereocenters. The number of hydrogen-bond donors (Lipinski definition) is 1. The third-order valence-electron chi connectivity index (χ3n) is 2.77. The SMILES string of the molecule is CCCCCCCNCc1ccc(Cl)c(Cl)c1.Cl. The highest BCUT2D eigenvalue weighted by Gasteiger charge is 1.98. The van der Waals surface area contributed by atoms with Crippen LogP contribution in [-0.2, 0) is 6.54 Å². The van der Waals surface area contributed by atoms with E-state index in [0.29, 0.717) is 10.0 Å². The monoisotopic (exact) mass is 309 g/mol. The molecule has 0 bridgehead atoms. The molecule has 0 spiro atoms. The lowest BCUT2D eigenvalue weighted by Gasteiger charge is -2.06. The Balaban J connectivity index is 0.00000289. The number of hydrogen-bond acceptors (Lipinski definition) is 1. The molecular weight excluding hydrogens is 289 g/mol. The Bertz CT molecular complexity index is 329. The minimum atomic E-state index is 0. The molecule has 1 nitrogen and oxygen atoms in total. The van der Waals surface area contributed by atoms with E-state index in [1.807, 2.05) is 18.2 Å². The van der Waals surface area contributed by atoms with E-state index in [1.165, 1.54) is 37.7 Å². The van der Waals surface area contributed by atoms with Crippen LogP contribution >= 0.6 is 35.6 Å². The number of rotatable bonds is 8. The summed E-state index contributed by atoms with van der Waals surface area (Å²) in [6, 6.07) is 5.79. The highest BCUT2D eigenvalue weighted by atomic mass is 35.5. The Kier molecular flexibility index (Phi) is 11.0. The van der Waals surface area contributed by atoms with E-state index in [-0.39, 0.29) is 12.4 Å². The van der Waals surface area contributed by atoms with E-state index in [1.54, 1.807) is 0 Å². The molecule has 1 rings (SSSR count). The quantitative estimate of drug-likeness (QED) is 0.627. The summed E-state index contributed by atoms with van der Waals surface area (Å²) in [5.74, 6) is 0. The van der Waals surface area contributed by atoms with Crippen LogP contribution in [0.15, 0.2) is 18.2 Å². The first kappa shape index (κ1) is 18.0. The predicted molar refractivity (Wildman–Crippen MR) is 84.2 cm³/mol. The minimum Gasteiger partial charge on any atom is -0.313 e. The summed E-state index contributed by atoms with van der Waals surface area (Å²) >= 11 is 11.8. The molecule has 0 heterocycles. The highest BCUT2D eigenvalue weighted by Crippen LogP contribution is 2.22. The van der Waals surface area contributed by atoms with Crippen LogP contribution in [0.25, 0.3) is 0 Å². The van der Waals surface area contributed by atoms with Crippen LogP contribution in [0.1, 0.15) is 44.6 Å². The molecule has 18 heavy (non-hydrogen) atoms. The molecule has 0 aliphatic rings. The molecule has 1 N–H and O–H groups in total. The molecule has 0 atom stereocenters. The van der Waals surface area contributed by atoms with E-state index < -0.39 is 0 Å². The number of unbranched alkanes of at least 4 members (excludes halogenated alkanes) is 4. The molecule has 0 aromatic heterocycles. The maximum atomic E-state index is 5.95. The molecule has 0 saturated carbocycles. The largest absolute Gasteiger partial charge is 0.313 e. The number of benzene rings is 1. The van der Waals surface area contributed by atoms with Crippen molar-refractivity contribution in [3.8, 4) is 0 Å². The van der Waals surface area contributed by atoms with Crippen LogP contribution in [0, 0.1) is 0 Å². The Hall–Kier alpha value is 0.0500. The van der Waals surface area contributed by atoms with Crippen molar-refractivity contribution in [2.75, 3.05) is 6.54 Å². The van der Waals surface area contributed by atoms with Crippen LogP contribution in [0.3, 0.4) is 0 Å². The van der Waals surface area contributed by atoms with Gasteiger partial charge in [0.25, 0.3) is 0 Å². The summed E-state index contributed by atoms with van der Waals surface area (Å²) in [4.78, 5) is 0. The first-order valence-corrected chi connectivity index (χ1v) is 7.14. The van der Waals surface area contributed by atoms with Crippen molar-refractivity contribution in [2.24, 2.45) is 0 Å². The molecule has 0 amide bonds. The van der Waals surface area contributed by atoms with Gasteiger partial charge >= 0.3 is 0 Å². The van der Waals surface area contributed by atoms with Crippen LogP contribution in [-0.4, -0.2) is 6.54 Å². The third-order valence-corrected chi connectivity index (χ3v) is 3.51. The predicted octanol–water partition coefficient (Wildman–Crippen LogP) is 5.48. The molecule has 4 heteroatoms. The van der Waals surface area contributed by atoms with E-state index in [0.717, 1.165) is 13.1 Å². The smallest absolute Gasteiger partial charge is 0.0595 e. The van der Waals surface area contributed by atoms with E-state index in [4.69, 9.17) is 23.2 Å². The van der Waals surface area contributed by atoms with Crippen molar-refractivity contribution in [1.29, 1.82) is 0 Å². The van der Waals surface area contributed by atoms with Gasteiger partial charge in [-0.1, -0.05) is 61.9 Å². The van der Waals surface area contributed by atoms with Crippen molar-refractivity contribution >= 4 is 35.6 Å². The zero-order valence-corrected chi connectivity index (χ0v) is 13.2. The van der Waals surface area contributed by atoms with Gasteiger partial charge in [0.15, 0.2) is 0 Å². The van der Waals surface area contributed by atoms with Gasteiger partial charge in [-0.25, -0.2) is 0 Å². The third kappa shape index (κ3) is 7.48.